The molecular formula is C18H18N2O3. The summed E-state index contributed by atoms with van der Waals surface area (Å²) in [5, 5.41) is 2.64. The van der Waals surface area contributed by atoms with Crippen LogP contribution in [0.3, 0.4) is 0 Å². The summed E-state index contributed by atoms with van der Waals surface area (Å²) in [4.78, 5) is 37.3. The molecule has 118 valence electrons. The number of rotatable bonds is 3. The lowest BCUT2D eigenvalue weighted by Crippen LogP contribution is -2.36. The molecule has 1 amide bonds. The first-order valence-corrected chi connectivity index (χ1v) is 7.79. The van der Waals surface area contributed by atoms with E-state index in [1.165, 1.54) is 10.6 Å². The van der Waals surface area contributed by atoms with E-state index in [4.69, 9.17) is 0 Å². The smallest absolute Gasteiger partial charge is 0.268 e. The van der Waals surface area contributed by atoms with Crippen molar-refractivity contribution in [2.24, 2.45) is 0 Å². The molecule has 5 nitrogen and oxygen atoms in total. The zero-order valence-electron chi connectivity index (χ0n) is 13.0. The molecule has 2 aromatic rings. The molecule has 0 spiro atoms. The fraction of sp³-hybridized carbons (Fsp3) is 0.278. The van der Waals surface area contributed by atoms with Crippen LogP contribution in [0, 0.1) is 0 Å². The van der Waals surface area contributed by atoms with Crippen molar-refractivity contribution in [3.63, 3.8) is 0 Å². The Hall–Kier alpha value is -2.69. The summed E-state index contributed by atoms with van der Waals surface area (Å²) in [6.07, 6.45) is 1.83. The van der Waals surface area contributed by atoms with Crippen LogP contribution in [0.4, 0.5) is 0 Å². The Morgan fingerprint density at radius 3 is 2.61 bits per heavy atom. The third-order valence-corrected chi connectivity index (χ3v) is 4.02. The molecule has 0 atom stereocenters. The lowest BCUT2D eigenvalue weighted by Gasteiger charge is -2.21. The number of Topliss-reactive ketones (excluding diaryl/α,β-unsaturated/α-hetero) is 1. The van der Waals surface area contributed by atoms with Crippen LogP contribution < -0.4 is 10.9 Å². The third-order valence-electron chi connectivity index (χ3n) is 4.02. The first-order chi connectivity index (χ1) is 11.1. The maximum Gasteiger partial charge on any atom is 0.268 e. The van der Waals surface area contributed by atoms with Gasteiger partial charge in [0.25, 0.3) is 11.5 Å². The van der Waals surface area contributed by atoms with Gasteiger partial charge in [0.2, 0.25) is 0 Å². The van der Waals surface area contributed by atoms with E-state index in [0.717, 1.165) is 6.42 Å². The third kappa shape index (κ3) is 2.70. The first-order valence-electron chi connectivity index (χ1n) is 7.79. The number of carbonyl (C=O) groups is 2. The molecule has 1 N–H and O–H groups in total. The van der Waals surface area contributed by atoms with Crippen molar-refractivity contribution in [3.8, 4) is 5.69 Å². The van der Waals surface area contributed by atoms with E-state index in [-0.39, 0.29) is 16.9 Å². The molecule has 0 saturated heterocycles. The predicted octanol–water partition coefficient (Wildman–Crippen LogP) is 2.11. The summed E-state index contributed by atoms with van der Waals surface area (Å²) < 4.78 is 1.51. The molecular weight excluding hydrogens is 292 g/mol. The number of nitrogens with one attached hydrogen (secondary N) is 1. The Morgan fingerprint density at radius 1 is 1.17 bits per heavy atom. The molecule has 0 radical (unpaired) electrons. The maximum absolute atomic E-state index is 12.9. The van der Waals surface area contributed by atoms with Crippen molar-refractivity contribution in [2.45, 2.75) is 26.2 Å². The van der Waals surface area contributed by atoms with E-state index in [9.17, 15) is 14.4 Å². The van der Waals surface area contributed by atoms with Gasteiger partial charge in [0.15, 0.2) is 5.78 Å². The van der Waals surface area contributed by atoms with Gasteiger partial charge in [-0.05, 0) is 38.0 Å². The van der Waals surface area contributed by atoms with Gasteiger partial charge < -0.3 is 5.32 Å². The zero-order chi connectivity index (χ0) is 16.4. The van der Waals surface area contributed by atoms with Crippen LogP contribution in [0.25, 0.3) is 5.69 Å². The van der Waals surface area contributed by atoms with Crippen LogP contribution in [0.15, 0.2) is 41.2 Å². The molecule has 0 fully saturated rings. The van der Waals surface area contributed by atoms with Crippen molar-refractivity contribution >= 4 is 11.7 Å². The fourth-order valence-electron chi connectivity index (χ4n) is 2.96. The van der Waals surface area contributed by atoms with Crippen molar-refractivity contribution in [1.29, 1.82) is 0 Å². The monoisotopic (exact) mass is 310 g/mol. The molecule has 0 bridgehead atoms. The Bertz CT molecular complexity index is 822. The number of aromatic nitrogens is 1. The van der Waals surface area contributed by atoms with E-state index in [2.05, 4.69) is 5.32 Å². The van der Waals surface area contributed by atoms with Crippen LogP contribution in [-0.4, -0.2) is 22.8 Å². The fourth-order valence-corrected chi connectivity index (χ4v) is 2.96. The minimum Gasteiger partial charge on any atom is -0.352 e. The van der Waals surface area contributed by atoms with E-state index in [0.29, 0.717) is 36.3 Å². The number of hydrogen-bond acceptors (Lipinski definition) is 3. The summed E-state index contributed by atoms with van der Waals surface area (Å²) >= 11 is 0. The molecule has 0 aliphatic heterocycles. The first kappa shape index (κ1) is 15.2. The normalized spacial score (nSPS) is 13.5. The number of carbonyl (C=O) groups excluding carboxylic acids is 2. The van der Waals surface area contributed by atoms with Crippen molar-refractivity contribution in [3.05, 3.63) is 63.6 Å². The molecule has 1 aromatic carbocycles. The minimum absolute atomic E-state index is 0.0125. The summed E-state index contributed by atoms with van der Waals surface area (Å²) in [6.45, 7) is 2.21. The van der Waals surface area contributed by atoms with Crippen LogP contribution in [0.5, 0.6) is 0 Å². The number of nitrogens with zero attached hydrogens (tertiary/aromatic N) is 1. The Labute approximate surface area is 134 Å². The van der Waals surface area contributed by atoms with Crippen LogP contribution in [-0.2, 0) is 6.42 Å². The minimum atomic E-state index is -0.441. The van der Waals surface area contributed by atoms with Gasteiger partial charge in [-0.1, -0.05) is 18.2 Å². The second kappa shape index (κ2) is 6.20. The lowest BCUT2D eigenvalue weighted by molar-refractivity contribution is 0.0954. The van der Waals surface area contributed by atoms with Gasteiger partial charge in [-0.25, -0.2) is 0 Å². The van der Waals surface area contributed by atoms with Gasteiger partial charge in [-0.2, -0.15) is 0 Å². The molecule has 0 saturated carbocycles. The van der Waals surface area contributed by atoms with E-state index < -0.39 is 5.91 Å². The molecule has 1 aromatic heterocycles. The summed E-state index contributed by atoms with van der Waals surface area (Å²) in [7, 11) is 0. The van der Waals surface area contributed by atoms with Gasteiger partial charge >= 0.3 is 0 Å². The topological polar surface area (TPSA) is 68.2 Å². The molecule has 5 heteroatoms. The van der Waals surface area contributed by atoms with Crippen LogP contribution in [0.2, 0.25) is 0 Å². The van der Waals surface area contributed by atoms with Gasteiger partial charge in [0.05, 0.1) is 0 Å². The number of hydrogen-bond donors (Lipinski definition) is 1. The van der Waals surface area contributed by atoms with Gasteiger partial charge in [0.1, 0.15) is 5.56 Å². The lowest BCUT2D eigenvalue weighted by atomic mass is 9.92. The van der Waals surface area contributed by atoms with Gasteiger partial charge in [-0.3, -0.25) is 19.0 Å². The standard InChI is InChI=1S/C18H18N2O3/c1-2-19-17(22)14-11-13-15(9-6-10-16(13)21)20(18(14)23)12-7-4-3-5-8-12/h3-5,7-8,11H,2,6,9-10H2,1H3,(H,19,22). The molecule has 23 heavy (non-hydrogen) atoms. The zero-order valence-corrected chi connectivity index (χ0v) is 13.0. The van der Waals surface area contributed by atoms with Gasteiger partial charge in [-0.15, -0.1) is 0 Å². The number of pyridine rings is 1. The summed E-state index contributed by atoms with van der Waals surface area (Å²) in [5.74, 6) is -0.454. The number of benzene rings is 1. The molecule has 1 heterocycles. The Kier molecular flexibility index (Phi) is 4.10. The van der Waals surface area contributed by atoms with Crippen LogP contribution >= 0.6 is 0 Å². The number of amides is 1. The maximum atomic E-state index is 12.9. The molecule has 1 aliphatic rings. The summed E-state index contributed by atoms with van der Waals surface area (Å²) in [6, 6.07) is 10.6. The van der Waals surface area contributed by atoms with Crippen molar-refractivity contribution in [1.82, 2.24) is 9.88 Å². The molecule has 0 unspecified atom stereocenters. The highest BCUT2D eigenvalue weighted by Crippen LogP contribution is 2.23. The SMILES string of the molecule is CCNC(=O)c1cc2c(n(-c3ccccc3)c1=O)CCCC2=O. The quantitative estimate of drug-likeness (QED) is 0.944. The predicted molar refractivity (Wildman–Crippen MR) is 87.3 cm³/mol. The molecule has 1 aliphatic carbocycles. The number of para-hydroxylation sites is 1. The molecule has 3 rings (SSSR count). The highest BCUT2D eigenvalue weighted by molar-refractivity contribution is 6.01. The average molecular weight is 310 g/mol. The largest absolute Gasteiger partial charge is 0.352 e. The Balaban J connectivity index is 2.30. The van der Waals surface area contributed by atoms with Crippen LogP contribution in [0.1, 0.15) is 46.2 Å². The summed E-state index contributed by atoms with van der Waals surface area (Å²) in [5.41, 5.74) is 1.50. The van der Waals surface area contributed by atoms with Crippen molar-refractivity contribution in [2.75, 3.05) is 6.54 Å². The highest BCUT2D eigenvalue weighted by atomic mass is 16.2. The van der Waals surface area contributed by atoms with Gasteiger partial charge in [0, 0.05) is 29.9 Å². The second-order valence-electron chi connectivity index (χ2n) is 5.53. The van der Waals surface area contributed by atoms with E-state index in [1.807, 2.05) is 30.3 Å². The second-order valence-corrected chi connectivity index (χ2v) is 5.53. The Morgan fingerprint density at radius 2 is 1.91 bits per heavy atom. The van der Waals surface area contributed by atoms with Crippen molar-refractivity contribution < 1.29 is 9.59 Å². The van der Waals surface area contributed by atoms with E-state index >= 15 is 0 Å². The van der Waals surface area contributed by atoms with E-state index in [1.54, 1.807) is 6.92 Å². The number of fused-ring (bicyclic) bond motifs is 1. The average Bonchev–Trinajstić information content (AvgIpc) is 2.55. The number of ketones is 1. The highest BCUT2D eigenvalue weighted by Gasteiger charge is 2.25.